The average molecular weight is 205 g/mol. The Morgan fingerprint density at radius 2 is 1.31 bits per heavy atom. The highest BCUT2D eigenvalue weighted by atomic mass is 28.2. The van der Waals surface area contributed by atoms with Crippen molar-refractivity contribution in [3.8, 4) is 0 Å². The molecular weight excluding hydrogens is 184 g/mol. The van der Waals surface area contributed by atoms with E-state index in [1.54, 1.807) is 0 Å². The highest BCUT2D eigenvalue weighted by Crippen LogP contribution is 2.05. The molecule has 4 atom stereocenters. The van der Waals surface area contributed by atoms with Crippen molar-refractivity contribution in [1.82, 2.24) is 0 Å². The Balaban J connectivity index is 3.83. The number of nitrogens with two attached hydrogens (primary N) is 2. The fourth-order valence-corrected chi connectivity index (χ4v) is 2.34. The fraction of sp³-hybridized carbons (Fsp3) is 1.00. The van der Waals surface area contributed by atoms with Gasteiger partial charge in [-0.3, -0.25) is 0 Å². The summed E-state index contributed by atoms with van der Waals surface area (Å²) < 4.78 is 0. The quantitative estimate of drug-likeness (QED) is 0.387. The summed E-state index contributed by atoms with van der Waals surface area (Å²) >= 11 is 0. The Kier molecular flexibility index (Phi) is 6.53. The zero-order chi connectivity index (χ0) is 10.4. The van der Waals surface area contributed by atoms with Gasteiger partial charge in [-0.2, -0.15) is 0 Å². The molecule has 4 nitrogen and oxygen atoms in total. The van der Waals surface area contributed by atoms with Crippen molar-refractivity contribution in [3.63, 3.8) is 0 Å². The smallest absolute Gasteiger partial charge is 0.102 e. The van der Waals surface area contributed by atoms with Crippen molar-refractivity contribution >= 4 is 9.52 Å². The molecule has 0 bridgehead atoms. The van der Waals surface area contributed by atoms with Crippen LogP contribution >= 0.6 is 0 Å². The number of hydrogen-bond donors (Lipinski definition) is 4. The third-order valence-electron chi connectivity index (χ3n) is 2.30. The maximum absolute atomic E-state index is 9.59. The zero-order valence-electron chi connectivity index (χ0n) is 8.35. The fourth-order valence-electron chi connectivity index (χ4n) is 0.860. The van der Waals surface area contributed by atoms with Crippen molar-refractivity contribution in [2.75, 3.05) is 13.1 Å². The molecule has 4 unspecified atom stereocenters. The Morgan fingerprint density at radius 3 is 1.54 bits per heavy atom. The summed E-state index contributed by atoms with van der Waals surface area (Å²) in [4.78, 5) is 0. The van der Waals surface area contributed by atoms with Crippen LogP contribution < -0.4 is 11.5 Å². The molecule has 5 heteroatoms. The van der Waals surface area contributed by atoms with Crippen LogP contribution in [0.25, 0.3) is 0 Å². The van der Waals surface area contributed by atoms with E-state index < -0.39 is 21.0 Å². The van der Waals surface area contributed by atoms with Crippen LogP contribution in [0.3, 0.4) is 0 Å². The number of aliphatic hydroxyl groups is 2. The lowest BCUT2D eigenvalue weighted by Gasteiger charge is -2.22. The van der Waals surface area contributed by atoms with Gasteiger partial charge in [0.25, 0.3) is 0 Å². The molecule has 0 aromatic carbocycles. The van der Waals surface area contributed by atoms with Crippen LogP contribution in [0.2, 0.25) is 0 Å². The molecule has 0 aliphatic rings. The summed E-state index contributed by atoms with van der Waals surface area (Å²) in [5.41, 5.74) is 9.91. The van der Waals surface area contributed by atoms with E-state index >= 15 is 0 Å². The van der Waals surface area contributed by atoms with Gasteiger partial charge in [0.2, 0.25) is 0 Å². The highest BCUT2D eigenvalue weighted by molar-refractivity contribution is 6.38. The number of hydrogen-bond acceptors (Lipinski definition) is 4. The van der Waals surface area contributed by atoms with E-state index in [9.17, 15) is 10.2 Å². The molecule has 1 radical (unpaired) electrons. The first-order chi connectivity index (χ1) is 6.02. The molecular formula is C8H21N2O2Si. The molecule has 0 aromatic heterocycles. The van der Waals surface area contributed by atoms with E-state index in [2.05, 4.69) is 0 Å². The van der Waals surface area contributed by atoms with Crippen molar-refractivity contribution in [3.05, 3.63) is 0 Å². The molecule has 0 aliphatic carbocycles. The lowest BCUT2D eigenvalue weighted by Crippen LogP contribution is -2.41. The predicted molar refractivity (Wildman–Crippen MR) is 55.6 cm³/mol. The zero-order valence-corrected chi connectivity index (χ0v) is 9.50. The lowest BCUT2D eigenvalue weighted by molar-refractivity contribution is 0.156. The van der Waals surface area contributed by atoms with Crippen molar-refractivity contribution in [1.29, 1.82) is 0 Å². The maximum atomic E-state index is 9.59. The topological polar surface area (TPSA) is 92.5 Å². The van der Waals surface area contributed by atoms with E-state index in [1.165, 1.54) is 0 Å². The van der Waals surface area contributed by atoms with Gasteiger partial charge in [-0.1, -0.05) is 13.8 Å². The summed E-state index contributed by atoms with van der Waals surface area (Å²) in [6.45, 7) is 4.69. The first kappa shape index (κ1) is 13.1. The van der Waals surface area contributed by atoms with Crippen LogP contribution in [0, 0.1) is 11.8 Å². The van der Waals surface area contributed by atoms with Gasteiger partial charge in [-0.15, -0.1) is 0 Å². The monoisotopic (exact) mass is 205 g/mol. The standard InChI is InChI=1S/C8H21N2O2Si/c1-5(3-9)7(11)13-8(12)6(2)4-10/h5-8,11-13H,3-4,9-10H2,1-2H3. The first-order valence-electron chi connectivity index (χ1n) is 4.64. The molecule has 0 heterocycles. The van der Waals surface area contributed by atoms with Crippen LogP contribution in [0.1, 0.15) is 13.8 Å². The van der Waals surface area contributed by atoms with Crippen LogP contribution in [0.5, 0.6) is 0 Å². The van der Waals surface area contributed by atoms with Gasteiger partial charge in [0.05, 0.1) is 0 Å². The second-order valence-electron chi connectivity index (χ2n) is 3.60. The first-order valence-corrected chi connectivity index (χ1v) is 5.97. The Labute approximate surface area is 82.1 Å². The molecule has 0 saturated carbocycles. The van der Waals surface area contributed by atoms with E-state index in [1.807, 2.05) is 13.8 Å². The molecule has 79 valence electrons. The van der Waals surface area contributed by atoms with Gasteiger partial charge in [0, 0.05) is 11.5 Å². The Morgan fingerprint density at radius 1 is 1.00 bits per heavy atom. The SMILES string of the molecule is CC(CN)C(O)[SiH]C(O)C(C)CN. The molecule has 0 amide bonds. The maximum Gasteiger partial charge on any atom is 0.102 e. The van der Waals surface area contributed by atoms with Gasteiger partial charge in [0.15, 0.2) is 0 Å². The largest absolute Gasteiger partial charge is 0.397 e. The van der Waals surface area contributed by atoms with Crippen LogP contribution in [0.4, 0.5) is 0 Å². The molecule has 0 fully saturated rings. The Hall–Kier alpha value is 0.0569. The molecule has 0 aliphatic heterocycles. The van der Waals surface area contributed by atoms with Crippen molar-refractivity contribution in [2.45, 2.75) is 25.3 Å². The summed E-state index contributed by atoms with van der Waals surface area (Å²) in [5, 5.41) is 19.2. The van der Waals surface area contributed by atoms with Gasteiger partial charge in [0.1, 0.15) is 9.52 Å². The minimum Gasteiger partial charge on any atom is -0.397 e. The van der Waals surface area contributed by atoms with Crippen LogP contribution in [-0.2, 0) is 0 Å². The van der Waals surface area contributed by atoms with Crippen molar-refractivity contribution < 1.29 is 10.2 Å². The van der Waals surface area contributed by atoms with Crippen molar-refractivity contribution in [2.24, 2.45) is 23.3 Å². The van der Waals surface area contributed by atoms with E-state index in [4.69, 9.17) is 11.5 Å². The molecule has 0 rings (SSSR count). The third kappa shape index (κ3) is 4.73. The predicted octanol–water partition coefficient (Wildman–Crippen LogP) is -1.75. The summed E-state index contributed by atoms with van der Waals surface area (Å²) in [6, 6.07) is 0. The Bertz CT molecular complexity index is 123. The van der Waals surface area contributed by atoms with Gasteiger partial charge < -0.3 is 21.7 Å². The number of aliphatic hydroxyl groups excluding tert-OH is 2. The molecule has 0 saturated heterocycles. The summed E-state index contributed by atoms with van der Waals surface area (Å²) in [5.74, 6) is 0.129. The van der Waals surface area contributed by atoms with Gasteiger partial charge in [-0.05, 0) is 24.9 Å². The van der Waals surface area contributed by atoms with Crippen LogP contribution in [-0.4, -0.2) is 44.3 Å². The van der Waals surface area contributed by atoms with Gasteiger partial charge in [-0.25, -0.2) is 0 Å². The minimum absolute atomic E-state index is 0.0645. The second kappa shape index (κ2) is 6.50. The summed E-state index contributed by atoms with van der Waals surface area (Å²) in [7, 11) is -0.400. The van der Waals surface area contributed by atoms with E-state index in [0.29, 0.717) is 13.1 Å². The number of rotatable bonds is 6. The van der Waals surface area contributed by atoms with E-state index in [-0.39, 0.29) is 11.8 Å². The average Bonchev–Trinajstić information content (AvgIpc) is 2.14. The lowest BCUT2D eigenvalue weighted by atomic mass is 10.2. The van der Waals surface area contributed by atoms with E-state index in [0.717, 1.165) is 0 Å². The summed E-state index contributed by atoms with van der Waals surface area (Å²) in [6.07, 6.45) is 0. The molecule has 13 heavy (non-hydrogen) atoms. The molecule has 0 spiro atoms. The normalized spacial score (nSPS) is 20.8. The highest BCUT2D eigenvalue weighted by Gasteiger charge is 2.21. The minimum atomic E-state index is -0.450. The van der Waals surface area contributed by atoms with Gasteiger partial charge >= 0.3 is 0 Å². The molecule has 0 aromatic rings. The van der Waals surface area contributed by atoms with Crippen LogP contribution in [0.15, 0.2) is 0 Å². The second-order valence-corrected chi connectivity index (χ2v) is 5.35. The third-order valence-corrected chi connectivity index (χ3v) is 4.41. The molecule has 6 N–H and O–H groups in total.